The number of esters is 1. The summed E-state index contributed by atoms with van der Waals surface area (Å²) in [7, 11) is 2.92. The van der Waals surface area contributed by atoms with Crippen LogP contribution in [0, 0.1) is 0 Å². The van der Waals surface area contributed by atoms with Gasteiger partial charge in [-0.3, -0.25) is 4.79 Å². The summed E-state index contributed by atoms with van der Waals surface area (Å²) >= 11 is 5.36. The lowest BCUT2D eigenvalue weighted by Gasteiger charge is -2.26. The molecule has 1 aromatic carbocycles. The Bertz CT molecular complexity index is 427. The maximum atomic E-state index is 12.1. The molecule has 0 aromatic heterocycles. The molecule has 0 saturated carbocycles. The van der Waals surface area contributed by atoms with Crippen LogP contribution in [0.2, 0.25) is 0 Å². The van der Waals surface area contributed by atoms with Crippen LogP contribution in [-0.4, -0.2) is 26.8 Å². The molecule has 0 spiro atoms. The Morgan fingerprint density at radius 1 is 1.28 bits per heavy atom. The summed E-state index contributed by atoms with van der Waals surface area (Å²) in [5.41, 5.74) is 0.0617. The molecule has 0 aliphatic rings. The molecule has 4 nitrogen and oxygen atoms in total. The Morgan fingerprint density at radius 3 is 2.28 bits per heavy atom. The Morgan fingerprint density at radius 2 is 1.83 bits per heavy atom. The Balaban J connectivity index is 3.19. The quantitative estimate of drug-likeness (QED) is 0.595. The summed E-state index contributed by atoms with van der Waals surface area (Å²) in [6.07, 6.45) is 0. The van der Waals surface area contributed by atoms with Gasteiger partial charge >= 0.3 is 5.97 Å². The topological polar surface area (TPSA) is 44.8 Å². The first-order valence-corrected chi connectivity index (χ1v) is 8.22. The van der Waals surface area contributed by atoms with Gasteiger partial charge in [-0.2, -0.15) is 0 Å². The van der Waals surface area contributed by atoms with Crippen molar-refractivity contribution in [1.82, 2.24) is 0 Å². The molecular weight excluding hydrogens is 271 g/mol. The monoisotopic (exact) mass is 288 g/mol. The van der Waals surface area contributed by atoms with Gasteiger partial charge in [-0.15, -0.1) is 0 Å². The molecule has 0 bridgehead atoms. The second-order valence-electron chi connectivity index (χ2n) is 3.47. The average Bonchev–Trinajstić information content (AvgIpc) is 2.40. The van der Waals surface area contributed by atoms with Gasteiger partial charge in [-0.1, -0.05) is 30.3 Å². The van der Waals surface area contributed by atoms with Crippen LogP contribution in [-0.2, 0) is 30.4 Å². The van der Waals surface area contributed by atoms with E-state index < -0.39 is 18.1 Å². The third kappa shape index (κ3) is 3.39. The van der Waals surface area contributed by atoms with Crippen LogP contribution in [0.4, 0.5) is 0 Å². The highest BCUT2D eigenvalue weighted by atomic mass is 32.5. The van der Waals surface area contributed by atoms with Gasteiger partial charge in [0.05, 0.1) is 6.61 Å². The van der Waals surface area contributed by atoms with Gasteiger partial charge in [-0.25, -0.2) is 0 Å². The molecule has 0 radical (unpaired) electrons. The number of hydrogen-bond donors (Lipinski definition) is 0. The first-order valence-electron chi connectivity index (χ1n) is 5.51. The van der Waals surface area contributed by atoms with Gasteiger partial charge in [0.1, 0.15) is 0 Å². The average molecular weight is 288 g/mol. The molecule has 0 heterocycles. The molecule has 1 aromatic rings. The van der Waals surface area contributed by atoms with E-state index in [0.717, 1.165) is 5.56 Å². The molecule has 0 fully saturated rings. The van der Waals surface area contributed by atoms with E-state index in [-0.39, 0.29) is 0 Å². The van der Waals surface area contributed by atoms with Gasteiger partial charge < -0.3 is 13.8 Å². The second kappa shape index (κ2) is 7.00. The van der Waals surface area contributed by atoms with Crippen LogP contribution < -0.4 is 0 Å². The van der Waals surface area contributed by atoms with Crippen molar-refractivity contribution < 1.29 is 18.6 Å². The zero-order valence-corrected chi connectivity index (χ0v) is 12.4. The minimum Gasteiger partial charge on any atom is -0.465 e. The van der Waals surface area contributed by atoms with E-state index in [0.29, 0.717) is 6.61 Å². The van der Waals surface area contributed by atoms with Crippen molar-refractivity contribution in [3.63, 3.8) is 0 Å². The maximum absolute atomic E-state index is 12.1. The van der Waals surface area contributed by atoms with Gasteiger partial charge in [0, 0.05) is 14.2 Å². The van der Waals surface area contributed by atoms with Crippen molar-refractivity contribution in [3.05, 3.63) is 35.9 Å². The lowest BCUT2D eigenvalue weighted by Crippen LogP contribution is -2.17. The summed E-state index contributed by atoms with van der Waals surface area (Å²) in [6, 6.07) is 9.19. The summed E-state index contributed by atoms with van der Waals surface area (Å²) in [6.45, 7) is -0.691. The second-order valence-corrected chi connectivity index (χ2v) is 7.32. The molecule has 0 saturated heterocycles. The molecule has 1 atom stereocenters. The van der Waals surface area contributed by atoms with Gasteiger partial charge in [0.2, 0.25) is 6.49 Å². The molecule has 0 aliphatic heterocycles. The van der Waals surface area contributed by atoms with Crippen LogP contribution in [0.3, 0.4) is 0 Å². The molecule has 1 rings (SSSR count). The third-order valence-electron chi connectivity index (χ3n) is 2.45. The van der Waals surface area contributed by atoms with E-state index in [2.05, 4.69) is 0 Å². The number of hydrogen-bond acceptors (Lipinski definition) is 5. The van der Waals surface area contributed by atoms with Crippen LogP contribution in [0.15, 0.2) is 30.3 Å². The number of carbonyl (C=O) groups excluding carboxylic acids is 1. The highest BCUT2D eigenvalue weighted by Crippen LogP contribution is 2.60. The van der Waals surface area contributed by atoms with Crippen LogP contribution in [0.5, 0.6) is 0 Å². The highest BCUT2D eigenvalue weighted by molar-refractivity contribution is 8.10. The van der Waals surface area contributed by atoms with Gasteiger partial charge in [-0.05, 0) is 24.3 Å². The smallest absolute Gasteiger partial charge is 0.323 e. The number of benzene rings is 1. The summed E-state index contributed by atoms with van der Waals surface area (Å²) in [4.78, 5) is 12.1. The Labute approximate surface area is 112 Å². The van der Waals surface area contributed by atoms with Crippen molar-refractivity contribution in [2.24, 2.45) is 0 Å². The lowest BCUT2D eigenvalue weighted by molar-refractivity contribution is -0.143. The zero-order valence-electron chi connectivity index (χ0n) is 10.7. The largest absolute Gasteiger partial charge is 0.465 e. The van der Waals surface area contributed by atoms with E-state index in [1.165, 1.54) is 14.2 Å². The van der Waals surface area contributed by atoms with Crippen molar-refractivity contribution in [3.8, 4) is 0 Å². The van der Waals surface area contributed by atoms with Crippen LogP contribution in [0.25, 0.3) is 0 Å². The first kappa shape index (κ1) is 15.3. The molecule has 1 unspecified atom stereocenters. The Hall–Kier alpha value is -0.740. The fourth-order valence-corrected chi connectivity index (χ4v) is 3.65. The summed E-state index contributed by atoms with van der Waals surface area (Å²) in [5, 5.41) is 0. The first-order chi connectivity index (χ1) is 8.59. The fraction of sp³-hybridized carbons (Fsp3) is 0.417. The summed E-state index contributed by atoms with van der Waals surface area (Å²) < 4.78 is 15.6. The molecular formula is C12H17O4PS. The van der Waals surface area contributed by atoms with E-state index in [1.54, 1.807) is 6.92 Å². The normalized spacial score (nSPS) is 13.1. The minimum atomic E-state index is -2.74. The molecule has 18 heavy (non-hydrogen) atoms. The summed E-state index contributed by atoms with van der Waals surface area (Å²) in [5.74, 6) is -0.407. The number of carbonyl (C=O) groups is 1. The third-order valence-corrected chi connectivity index (χ3v) is 6.14. The number of ether oxygens (including phenoxy) is 1. The van der Waals surface area contributed by atoms with E-state index in [4.69, 9.17) is 25.6 Å². The molecule has 0 amide bonds. The van der Waals surface area contributed by atoms with E-state index in [1.807, 2.05) is 30.3 Å². The minimum absolute atomic E-state index is 0.297. The predicted molar refractivity (Wildman–Crippen MR) is 74.1 cm³/mol. The van der Waals surface area contributed by atoms with E-state index >= 15 is 0 Å². The van der Waals surface area contributed by atoms with Crippen molar-refractivity contribution in [2.45, 2.75) is 12.6 Å². The van der Waals surface area contributed by atoms with Crippen molar-refractivity contribution in [2.75, 3.05) is 20.8 Å². The van der Waals surface area contributed by atoms with Crippen molar-refractivity contribution >= 4 is 24.3 Å². The van der Waals surface area contributed by atoms with Crippen molar-refractivity contribution in [1.29, 1.82) is 0 Å². The molecule has 0 N–H and O–H groups in total. The van der Waals surface area contributed by atoms with Gasteiger partial charge in [0.25, 0.3) is 0 Å². The van der Waals surface area contributed by atoms with Gasteiger partial charge in [0.15, 0.2) is 5.66 Å². The molecule has 100 valence electrons. The van der Waals surface area contributed by atoms with Crippen LogP contribution >= 0.6 is 6.49 Å². The Kier molecular flexibility index (Phi) is 5.96. The molecule has 6 heteroatoms. The van der Waals surface area contributed by atoms with Crippen LogP contribution in [0.1, 0.15) is 18.1 Å². The number of rotatable bonds is 6. The van der Waals surface area contributed by atoms with E-state index in [9.17, 15) is 4.79 Å². The molecule has 0 aliphatic carbocycles. The fourth-order valence-electron chi connectivity index (χ4n) is 1.59. The zero-order chi connectivity index (χ0) is 13.6. The lowest BCUT2D eigenvalue weighted by atomic mass is 10.1. The standard InChI is InChI=1S/C12H17O4PS/c1-4-16-12(13)11(17(18,14-2)15-3)10-8-6-5-7-9-10/h5-9,11H,4H2,1-3H3. The highest BCUT2D eigenvalue weighted by Gasteiger charge is 2.37. The predicted octanol–water partition coefficient (Wildman–Crippen LogP) is 2.89. The SMILES string of the molecule is CCOC(=O)C(c1ccccc1)P(=S)(OC)OC. The maximum Gasteiger partial charge on any atom is 0.323 e.